The molecular formula is C16H22N4O2S. The number of nitrogens with zero attached hydrogens (tertiary/aromatic N) is 2. The number of carbonyl (C=O) groups excluding carboxylic acids is 2. The van der Waals surface area contributed by atoms with Crippen LogP contribution in [0.25, 0.3) is 0 Å². The second kappa shape index (κ2) is 8.59. The van der Waals surface area contributed by atoms with Crippen LogP contribution in [0.5, 0.6) is 0 Å². The zero-order valence-electron chi connectivity index (χ0n) is 13.7. The van der Waals surface area contributed by atoms with E-state index in [9.17, 15) is 14.9 Å². The van der Waals surface area contributed by atoms with E-state index >= 15 is 0 Å². The maximum atomic E-state index is 12.0. The predicted octanol–water partition coefficient (Wildman–Crippen LogP) is 2.06. The molecular weight excluding hydrogens is 312 g/mol. The Labute approximate surface area is 141 Å². The SMILES string of the molecule is CCCCCNC(=O)CSC1=C(C#N)C(C)(C)C(C#N)C(=O)N1. The van der Waals surface area contributed by atoms with Gasteiger partial charge < -0.3 is 10.6 Å². The van der Waals surface area contributed by atoms with Crippen LogP contribution in [0.15, 0.2) is 10.6 Å². The van der Waals surface area contributed by atoms with E-state index in [1.54, 1.807) is 13.8 Å². The third kappa shape index (κ3) is 4.74. The first-order valence-electron chi connectivity index (χ1n) is 7.63. The first kappa shape index (κ1) is 19.1. The van der Waals surface area contributed by atoms with Crippen molar-refractivity contribution in [2.24, 2.45) is 11.3 Å². The molecule has 1 aliphatic rings. The number of unbranched alkanes of at least 4 members (excludes halogenated alkanes) is 2. The average Bonchev–Trinajstić information content (AvgIpc) is 2.49. The number of thioether (sulfide) groups is 1. The summed E-state index contributed by atoms with van der Waals surface area (Å²) in [6.07, 6.45) is 3.09. The van der Waals surface area contributed by atoms with Crippen LogP contribution in [0.3, 0.4) is 0 Å². The van der Waals surface area contributed by atoms with Gasteiger partial charge in [-0.25, -0.2) is 0 Å². The van der Waals surface area contributed by atoms with Gasteiger partial charge in [0.05, 0.1) is 28.5 Å². The Kier molecular flexibility index (Phi) is 7.12. The minimum absolute atomic E-state index is 0.125. The minimum Gasteiger partial charge on any atom is -0.355 e. The molecule has 0 radical (unpaired) electrons. The number of amides is 2. The molecule has 1 heterocycles. The topological polar surface area (TPSA) is 106 Å². The Bertz CT molecular complexity index is 584. The quantitative estimate of drug-likeness (QED) is 0.693. The Morgan fingerprint density at radius 3 is 2.65 bits per heavy atom. The normalized spacial score (nSPS) is 19.5. The van der Waals surface area contributed by atoms with Gasteiger partial charge in [-0.05, 0) is 6.42 Å². The molecule has 0 aromatic carbocycles. The van der Waals surface area contributed by atoms with Gasteiger partial charge in [-0.1, -0.05) is 45.4 Å². The van der Waals surface area contributed by atoms with Gasteiger partial charge in [0.15, 0.2) is 0 Å². The fourth-order valence-electron chi connectivity index (χ4n) is 2.33. The summed E-state index contributed by atoms with van der Waals surface area (Å²) in [5.74, 6) is -1.35. The highest BCUT2D eigenvalue weighted by molar-refractivity contribution is 8.03. The summed E-state index contributed by atoms with van der Waals surface area (Å²) < 4.78 is 0. The van der Waals surface area contributed by atoms with E-state index in [4.69, 9.17) is 5.26 Å². The van der Waals surface area contributed by atoms with Crippen LogP contribution < -0.4 is 10.6 Å². The summed E-state index contributed by atoms with van der Waals surface area (Å²) >= 11 is 1.12. The van der Waals surface area contributed by atoms with Crippen molar-refractivity contribution in [2.75, 3.05) is 12.3 Å². The molecule has 2 N–H and O–H groups in total. The van der Waals surface area contributed by atoms with E-state index in [2.05, 4.69) is 23.6 Å². The number of hydrogen-bond donors (Lipinski definition) is 2. The van der Waals surface area contributed by atoms with Crippen molar-refractivity contribution in [1.29, 1.82) is 10.5 Å². The second-order valence-corrected chi connectivity index (χ2v) is 6.92. The summed E-state index contributed by atoms with van der Waals surface area (Å²) in [7, 11) is 0. The van der Waals surface area contributed by atoms with Crippen molar-refractivity contribution in [3.8, 4) is 12.1 Å². The van der Waals surface area contributed by atoms with Crippen molar-refractivity contribution in [3.05, 3.63) is 10.6 Å². The molecule has 23 heavy (non-hydrogen) atoms. The molecule has 0 aromatic heterocycles. The second-order valence-electron chi connectivity index (χ2n) is 5.93. The molecule has 1 unspecified atom stereocenters. The molecule has 1 aliphatic heterocycles. The Morgan fingerprint density at radius 2 is 2.09 bits per heavy atom. The molecule has 0 bridgehead atoms. The van der Waals surface area contributed by atoms with Crippen LogP contribution in [0.2, 0.25) is 0 Å². The van der Waals surface area contributed by atoms with Gasteiger partial charge in [-0.2, -0.15) is 10.5 Å². The molecule has 0 spiro atoms. The molecule has 0 saturated carbocycles. The fraction of sp³-hybridized carbons (Fsp3) is 0.625. The van der Waals surface area contributed by atoms with Crippen LogP contribution in [0, 0.1) is 34.0 Å². The van der Waals surface area contributed by atoms with Gasteiger partial charge in [0.25, 0.3) is 0 Å². The van der Waals surface area contributed by atoms with E-state index < -0.39 is 17.2 Å². The lowest BCUT2D eigenvalue weighted by Crippen LogP contribution is -2.44. The third-order valence-electron chi connectivity index (χ3n) is 3.78. The van der Waals surface area contributed by atoms with Crippen molar-refractivity contribution in [2.45, 2.75) is 40.0 Å². The average molecular weight is 334 g/mol. The first-order chi connectivity index (χ1) is 10.9. The van der Waals surface area contributed by atoms with Crippen molar-refractivity contribution in [3.63, 3.8) is 0 Å². The third-order valence-corrected chi connectivity index (χ3v) is 4.78. The van der Waals surface area contributed by atoms with E-state index in [1.165, 1.54) is 0 Å². The van der Waals surface area contributed by atoms with Gasteiger partial charge >= 0.3 is 0 Å². The van der Waals surface area contributed by atoms with Gasteiger partial charge in [0.2, 0.25) is 11.8 Å². The van der Waals surface area contributed by atoms with Crippen LogP contribution in [0.4, 0.5) is 0 Å². The fourth-order valence-corrected chi connectivity index (χ4v) is 3.33. The zero-order chi connectivity index (χ0) is 17.5. The maximum absolute atomic E-state index is 12.0. The lowest BCUT2D eigenvalue weighted by Gasteiger charge is -2.34. The highest BCUT2D eigenvalue weighted by atomic mass is 32.2. The molecule has 0 aromatic rings. The van der Waals surface area contributed by atoms with Crippen LogP contribution >= 0.6 is 11.8 Å². The highest BCUT2D eigenvalue weighted by Gasteiger charge is 2.44. The van der Waals surface area contributed by atoms with E-state index in [0.717, 1.165) is 31.0 Å². The minimum atomic E-state index is -0.913. The largest absolute Gasteiger partial charge is 0.355 e. The Morgan fingerprint density at radius 1 is 1.39 bits per heavy atom. The van der Waals surface area contributed by atoms with E-state index in [1.807, 2.05) is 6.07 Å². The van der Waals surface area contributed by atoms with Crippen molar-refractivity contribution >= 4 is 23.6 Å². The first-order valence-corrected chi connectivity index (χ1v) is 8.61. The smallest absolute Gasteiger partial charge is 0.243 e. The van der Waals surface area contributed by atoms with Crippen LogP contribution in [0.1, 0.15) is 40.0 Å². The number of allylic oxidation sites excluding steroid dienone is 1. The van der Waals surface area contributed by atoms with Gasteiger partial charge in [-0.3, -0.25) is 9.59 Å². The lowest BCUT2D eigenvalue weighted by atomic mass is 9.72. The number of nitrogens with one attached hydrogen (secondary N) is 2. The summed E-state index contributed by atoms with van der Waals surface area (Å²) in [4.78, 5) is 23.8. The van der Waals surface area contributed by atoms with Gasteiger partial charge in [0.1, 0.15) is 5.92 Å². The predicted molar refractivity (Wildman–Crippen MR) is 88.7 cm³/mol. The molecule has 1 atom stereocenters. The zero-order valence-corrected chi connectivity index (χ0v) is 14.5. The van der Waals surface area contributed by atoms with Crippen molar-refractivity contribution in [1.82, 2.24) is 10.6 Å². The van der Waals surface area contributed by atoms with Crippen LogP contribution in [-0.2, 0) is 9.59 Å². The summed E-state index contributed by atoms with van der Waals surface area (Å²) in [6.45, 7) is 6.12. The molecule has 1 rings (SSSR count). The van der Waals surface area contributed by atoms with Crippen molar-refractivity contribution < 1.29 is 9.59 Å². The Balaban J connectivity index is 2.73. The summed E-state index contributed by atoms with van der Waals surface area (Å²) in [5.41, 5.74) is -0.529. The molecule has 0 aliphatic carbocycles. The van der Waals surface area contributed by atoms with Gasteiger partial charge in [-0.15, -0.1) is 0 Å². The molecule has 6 nitrogen and oxygen atoms in total. The molecule has 0 fully saturated rings. The summed E-state index contributed by atoms with van der Waals surface area (Å²) in [6, 6.07) is 4.02. The number of nitriles is 2. The summed E-state index contributed by atoms with van der Waals surface area (Å²) in [5, 5.41) is 24.3. The number of rotatable bonds is 7. The lowest BCUT2D eigenvalue weighted by molar-refractivity contribution is -0.125. The van der Waals surface area contributed by atoms with E-state index in [-0.39, 0.29) is 11.7 Å². The van der Waals surface area contributed by atoms with Gasteiger partial charge in [0, 0.05) is 12.0 Å². The van der Waals surface area contributed by atoms with E-state index in [0.29, 0.717) is 17.1 Å². The standard InChI is InChI=1S/C16H22N4O2S/c1-4-5-6-7-19-13(21)10-23-15-12(9-18)16(2,3)11(8-17)14(22)20-15/h11H,4-7,10H2,1-3H3,(H,19,21)(H,20,22). The maximum Gasteiger partial charge on any atom is 0.243 e. The molecule has 7 heteroatoms. The monoisotopic (exact) mass is 334 g/mol. The molecule has 2 amide bonds. The molecule has 0 saturated heterocycles. The highest BCUT2D eigenvalue weighted by Crippen LogP contribution is 2.41. The van der Waals surface area contributed by atoms with Crippen LogP contribution in [-0.4, -0.2) is 24.1 Å². The Hall–Kier alpha value is -1.99. The molecule has 124 valence electrons. The number of hydrogen-bond acceptors (Lipinski definition) is 5. The number of carbonyl (C=O) groups is 2.